The number of hydrogen-bond donors (Lipinski definition) is 1. The Bertz CT molecular complexity index is 1530. The van der Waals surface area contributed by atoms with E-state index < -0.39 is 0 Å². The van der Waals surface area contributed by atoms with Crippen LogP contribution >= 0.6 is 15.9 Å². The standard InChI is InChI=1S/C26H27BrN8O/c1-3-5-8-19-17-35(25-23(27)12-14-33(25)4-2)26(36)34(19)16-18-15-28-13-11-20(18)21-9-6-7-10-22(21)24-29-31-32-30-24/h6-7,9-15,17H,3-5,8,16H2,1-2H3,(H,29,30,31,32). The van der Waals surface area contributed by atoms with E-state index in [1.165, 1.54) is 0 Å². The van der Waals surface area contributed by atoms with Gasteiger partial charge in [-0.3, -0.25) is 14.1 Å². The highest BCUT2D eigenvalue weighted by molar-refractivity contribution is 9.10. The smallest absolute Gasteiger partial charge is 0.333 e. The molecule has 9 nitrogen and oxygen atoms in total. The lowest BCUT2D eigenvalue weighted by Gasteiger charge is -2.14. The molecule has 5 aromatic rings. The first kappa shape index (κ1) is 23.9. The van der Waals surface area contributed by atoms with Gasteiger partial charge >= 0.3 is 5.69 Å². The van der Waals surface area contributed by atoms with E-state index >= 15 is 0 Å². The molecule has 0 saturated carbocycles. The van der Waals surface area contributed by atoms with Gasteiger partial charge in [0.15, 0.2) is 0 Å². The average molecular weight is 547 g/mol. The van der Waals surface area contributed by atoms with E-state index in [9.17, 15) is 4.79 Å². The number of rotatable bonds is 9. The minimum atomic E-state index is -0.0727. The molecule has 0 spiro atoms. The summed E-state index contributed by atoms with van der Waals surface area (Å²) in [6.45, 7) is 5.40. The number of pyridine rings is 1. The van der Waals surface area contributed by atoms with Crippen molar-refractivity contribution in [2.75, 3.05) is 0 Å². The van der Waals surface area contributed by atoms with Crippen molar-refractivity contribution in [1.82, 2.24) is 39.3 Å². The fourth-order valence-corrected chi connectivity index (χ4v) is 5.06. The van der Waals surface area contributed by atoms with Gasteiger partial charge in [-0.2, -0.15) is 5.21 Å². The van der Waals surface area contributed by atoms with E-state index in [1.807, 2.05) is 59.6 Å². The summed E-state index contributed by atoms with van der Waals surface area (Å²) in [6, 6.07) is 11.9. The van der Waals surface area contributed by atoms with Crippen molar-refractivity contribution in [2.45, 2.75) is 46.2 Å². The molecule has 10 heteroatoms. The fourth-order valence-electron chi connectivity index (χ4n) is 4.53. The van der Waals surface area contributed by atoms with Gasteiger partial charge in [-0.25, -0.2) is 4.79 Å². The van der Waals surface area contributed by atoms with Gasteiger partial charge in [0.1, 0.15) is 5.82 Å². The van der Waals surface area contributed by atoms with E-state index in [1.54, 1.807) is 10.8 Å². The number of aryl methyl sites for hydroxylation is 2. The number of tetrazole rings is 1. The summed E-state index contributed by atoms with van der Waals surface area (Å²) in [6.07, 6.45) is 10.4. The van der Waals surface area contributed by atoms with Gasteiger partial charge < -0.3 is 4.57 Å². The number of imidazole rings is 1. The molecule has 0 unspecified atom stereocenters. The molecule has 184 valence electrons. The third-order valence-corrected chi connectivity index (χ3v) is 6.96. The number of H-pyrrole nitrogens is 1. The van der Waals surface area contributed by atoms with Crippen molar-refractivity contribution in [3.05, 3.63) is 87.4 Å². The molecular formula is C26H27BrN8O. The number of nitrogens with one attached hydrogen (secondary N) is 1. The van der Waals surface area contributed by atoms with Crippen LogP contribution in [0.4, 0.5) is 0 Å². The van der Waals surface area contributed by atoms with Gasteiger partial charge in [-0.05, 0) is 69.7 Å². The van der Waals surface area contributed by atoms with Gasteiger partial charge in [0, 0.05) is 42.6 Å². The Balaban J connectivity index is 1.62. The zero-order valence-corrected chi connectivity index (χ0v) is 21.8. The molecule has 0 aliphatic carbocycles. The average Bonchev–Trinajstić information content (AvgIpc) is 3.64. The molecule has 5 rings (SSSR count). The Morgan fingerprint density at radius 1 is 1.06 bits per heavy atom. The number of halogens is 1. The summed E-state index contributed by atoms with van der Waals surface area (Å²) in [5.41, 5.74) is 4.66. The van der Waals surface area contributed by atoms with Crippen LogP contribution in [-0.2, 0) is 19.5 Å². The Kier molecular flexibility index (Phi) is 6.95. The number of hydrogen-bond acceptors (Lipinski definition) is 5. The SMILES string of the molecule is CCCCc1cn(-c2c(Br)ccn2CC)c(=O)n1Cc1cnccc1-c1ccccc1-c1nn[nH]n1. The molecule has 0 amide bonds. The lowest BCUT2D eigenvalue weighted by atomic mass is 9.96. The van der Waals surface area contributed by atoms with Crippen LogP contribution in [0.25, 0.3) is 28.3 Å². The first-order valence-electron chi connectivity index (χ1n) is 12.0. The molecule has 4 heterocycles. The summed E-state index contributed by atoms with van der Waals surface area (Å²) in [4.78, 5) is 18.2. The predicted molar refractivity (Wildman–Crippen MR) is 142 cm³/mol. The van der Waals surface area contributed by atoms with Crippen molar-refractivity contribution < 1.29 is 0 Å². The quantitative estimate of drug-likeness (QED) is 0.284. The lowest BCUT2D eigenvalue weighted by Crippen LogP contribution is -2.26. The molecule has 0 bridgehead atoms. The van der Waals surface area contributed by atoms with E-state index in [-0.39, 0.29) is 5.69 Å². The molecular weight excluding hydrogens is 520 g/mol. The number of benzene rings is 1. The van der Waals surface area contributed by atoms with Crippen molar-refractivity contribution in [3.63, 3.8) is 0 Å². The van der Waals surface area contributed by atoms with Crippen molar-refractivity contribution in [2.24, 2.45) is 0 Å². The summed E-state index contributed by atoms with van der Waals surface area (Å²) < 4.78 is 6.58. The summed E-state index contributed by atoms with van der Waals surface area (Å²) in [7, 11) is 0. The van der Waals surface area contributed by atoms with Crippen LogP contribution in [0.1, 0.15) is 37.9 Å². The van der Waals surface area contributed by atoms with Crippen LogP contribution < -0.4 is 5.69 Å². The summed E-state index contributed by atoms with van der Waals surface area (Å²) in [5, 5.41) is 14.6. The molecule has 0 radical (unpaired) electrons. The molecule has 4 aromatic heterocycles. The van der Waals surface area contributed by atoms with Gasteiger partial charge in [0.05, 0.1) is 11.0 Å². The molecule has 0 saturated heterocycles. The van der Waals surface area contributed by atoms with Crippen LogP contribution in [0.5, 0.6) is 0 Å². The van der Waals surface area contributed by atoms with Crippen molar-refractivity contribution >= 4 is 15.9 Å². The highest BCUT2D eigenvalue weighted by atomic mass is 79.9. The second-order valence-corrected chi connectivity index (χ2v) is 9.40. The molecule has 1 N–H and O–H groups in total. The van der Waals surface area contributed by atoms with Crippen molar-refractivity contribution in [1.29, 1.82) is 0 Å². The fraction of sp³-hybridized carbons (Fsp3) is 0.269. The molecule has 0 atom stereocenters. The van der Waals surface area contributed by atoms with Crippen LogP contribution in [0.15, 0.2) is 70.5 Å². The highest BCUT2D eigenvalue weighted by Crippen LogP contribution is 2.32. The second-order valence-electron chi connectivity index (χ2n) is 8.55. The summed E-state index contributed by atoms with van der Waals surface area (Å²) in [5.74, 6) is 1.36. The van der Waals surface area contributed by atoms with E-state index in [0.29, 0.717) is 12.4 Å². The lowest BCUT2D eigenvalue weighted by molar-refractivity contribution is 0.664. The number of nitrogens with zero attached hydrogens (tertiary/aromatic N) is 7. The first-order chi connectivity index (χ1) is 17.6. The summed E-state index contributed by atoms with van der Waals surface area (Å²) >= 11 is 3.63. The van der Waals surface area contributed by atoms with Crippen molar-refractivity contribution in [3.8, 4) is 28.3 Å². The molecule has 1 aromatic carbocycles. The van der Waals surface area contributed by atoms with Gasteiger partial charge in [-0.1, -0.05) is 37.6 Å². The minimum Gasteiger partial charge on any atom is -0.333 e. The molecule has 0 aliphatic rings. The zero-order chi connectivity index (χ0) is 25.1. The van der Waals surface area contributed by atoms with Gasteiger partial charge in [0.25, 0.3) is 0 Å². The zero-order valence-electron chi connectivity index (χ0n) is 20.2. The van der Waals surface area contributed by atoms with E-state index in [2.05, 4.69) is 60.0 Å². The largest absolute Gasteiger partial charge is 0.334 e. The maximum absolute atomic E-state index is 13.8. The molecule has 36 heavy (non-hydrogen) atoms. The molecule has 0 aliphatic heterocycles. The highest BCUT2D eigenvalue weighted by Gasteiger charge is 2.19. The first-order valence-corrected chi connectivity index (χ1v) is 12.8. The Hall–Kier alpha value is -3.79. The third kappa shape index (κ3) is 4.44. The Morgan fingerprint density at radius 3 is 2.64 bits per heavy atom. The van der Waals surface area contributed by atoms with E-state index in [0.717, 1.165) is 64.0 Å². The second kappa shape index (κ2) is 10.4. The predicted octanol–water partition coefficient (Wildman–Crippen LogP) is 4.86. The minimum absolute atomic E-state index is 0.0727. The molecule has 0 fully saturated rings. The van der Waals surface area contributed by atoms with Crippen LogP contribution in [-0.4, -0.2) is 39.3 Å². The van der Waals surface area contributed by atoms with Crippen LogP contribution in [0.3, 0.4) is 0 Å². The normalized spacial score (nSPS) is 11.3. The third-order valence-electron chi connectivity index (χ3n) is 6.34. The Morgan fingerprint density at radius 2 is 1.89 bits per heavy atom. The Labute approximate surface area is 217 Å². The number of unbranched alkanes of at least 4 members (excludes halogenated alkanes) is 1. The topological polar surface area (TPSA) is 99.2 Å². The number of aromatic nitrogens is 8. The van der Waals surface area contributed by atoms with E-state index in [4.69, 9.17) is 0 Å². The monoisotopic (exact) mass is 546 g/mol. The van der Waals surface area contributed by atoms with Crippen LogP contribution in [0.2, 0.25) is 0 Å². The van der Waals surface area contributed by atoms with Crippen LogP contribution in [0, 0.1) is 0 Å². The maximum Gasteiger partial charge on any atom is 0.334 e. The number of aromatic amines is 1. The maximum atomic E-state index is 13.8. The van der Waals surface area contributed by atoms with Gasteiger partial charge in [-0.15, -0.1) is 10.2 Å². The van der Waals surface area contributed by atoms with Gasteiger partial charge in [0.2, 0.25) is 5.82 Å².